The molecule has 0 unspecified atom stereocenters. The van der Waals surface area contributed by atoms with E-state index in [4.69, 9.17) is 4.74 Å². The highest BCUT2D eigenvalue weighted by Gasteiger charge is 2.40. The average molecular weight is 582 g/mol. The molecule has 0 N–H and O–H groups in total. The Hall–Kier alpha value is -3.04. The van der Waals surface area contributed by atoms with E-state index in [0.717, 1.165) is 0 Å². The van der Waals surface area contributed by atoms with Gasteiger partial charge in [-0.05, 0) is 26.0 Å². The molecule has 0 radical (unpaired) electrons. The number of hydrogen-bond acceptors (Lipinski definition) is 9. The molecule has 2 atom stereocenters. The predicted molar refractivity (Wildman–Crippen MR) is 142 cm³/mol. The standard InChI is InChI=1S/C24H29F2N7O4S2/c1-14(2)22(34)32-7-5-31(6-8-32)18-9-16(39(35,36)28-12-24(4)13-37-15(24)3)10-19-17(18)11-27-33(19)23-30-29-21(38-23)20(25)26/h9-12,14-15,20H,5-8,13H2,1-4H3/t15-,24-/m0/s1. The summed E-state index contributed by atoms with van der Waals surface area (Å²) < 4.78 is 63.9. The summed E-state index contributed by atoms with van der Waals surface area (Å²) in [6.07, 6.45) is 0.00627. The Morgan fingerprint density at radius 1 is 1.23 bits per heavy atom. The normalized spacial score (nSPS) is 22.4. The lowest BCUT2D eigenvalue weighted by atomic mass is 9.83. The number of aromatic nitrogens is 4. The fraction of sp³-hybridized carbons (Fsp3) is 0.542. The zero-order chi connectivity index (χ0) is 28.1. The summed E-state index contributed by atoms with van der Waals surface area (Å²) in [7, 11) is -4.14. The summed E-state index contributed by atoms with van der Waals surface area (Å²) in [5.74, 6) is -0.0596. The van der Waals surface area contributed by atoms with Crippen LogP contribution in [0.5, 0.6) is 0 Å². The van der Waals surface area contributed by atoms with Crippen molar-refractivity contribution in [1.82, 2.24) is 24.9 Å². The molecule has 2 aromatic heterocycles. The molecule has 2 fully saturated rings. The van der Waals surface area contributed by atoms with E-state index in [0.29, 0.717) is 60.7 Å². The maximum absolute atomic E-state index is 13.4. The van der Waals surface area contributed by atoms with Gasteiger partial charge >= 0.3 is 0 Å². The number of carbonyl (C=O) groups excluding carboxylic acids is 1. The topological polar surface area (TPSA) is 123 Å². The van der Waals surface area contributed by atoms with Crippen molar-refractivity contribution in [3.8, 4) is 5.13 Å². The summed E-state index contributed by atoms with van der Waals surface area (Å²) in [5.41, 5.74) is 0.457. The molecular weight excluding hydrogens is 552 g/mol. The van der Waals surface area contributed by atoms with E-state index in [1.165, 1.54) is 17.0 Å². The highest BCUT2D eigenvalue weighted by molar-refractivity contribution is 7.90. The molecule has 3 aromatic rings. The van der Waals surface area contributed by atoms with Gasteiger partial charge in [0.05, 0.1) is 34.7 Å². The molecule has 39 heavy (non-hydrogen) atoms. The quantitative estimate of drug-likeness (QED) is 0.390. The van der Waals surface area contributed by atoms with Crippen LogP contribution in [-0.2, 0) is 19.6 Å². The Kier molecular flexibility index (Phi) is 7.18. The van der Waals surface area contributed by atoms with Gasteiger partial charge in [0.1, 0.15) is 0 Å². The second kappa shape index (κ2) is 10.2. The number of ether oxygens (including phenoxy) is 1. The van der Waals surface area contributed by atoms with Crippen molar-refractivity contribution in [1.29, 1.82) is 0 Å². The van der Waals surface area contributed by atoms with Gasteiger partial charge in [0.2, 0.25) is 11.0 Å². The lowest BCUT2D eigenvalue weighted by Gasteiger charge is -2.41. The van der Waals surface area contributed by atoms with Gasteiger partial charge in [0, 0.05) is 49.4 Å². The molecule has 4 heterocycles. The Bertz CT molecular complexity index is 1530. The number of nitrogens with zero attached hydrogens (tertiary/aromatic N) is 7. The maximum atomic E-state index is 13.4. The number of alkyl halides is 2. The second-order valence-corrected chi connectivity index (χ2v) is 12.9. The molecule has 2 saturated heterocycles. The van der Waals surface area contributed by atoms with Crippen LogP contribution in [0.2, 0.25) is 0 Å². The van der Waals surface area contributed by atoms with Gasteiger partial charge in [-0.3, -0.25) is 4.79 Å². The van der Waals surface area contributed by atoms with Gasteiger partial charge in [0.15, 0.2) is 5.01 Å². The predicted octanol–water partition coefficient (Wildman–Crippen LogP) is 3.30. The molecule has 0 aliphatic carbocycles. The van der Waals surface area contributed by atoms with Crippen molar-refractivity contribution in [2.75, 3.05) is 37.7 Å². The first-order chi connectivity index (χ1) is 18.4. The van der Waals surface area contributed by atoms with E-state index in [1.54, 1.807) is 17.2 Å². The van der Waals surface area contributed by atoms with Crippen molar-refractivity contribution >= 4 is 50.1 Å². The molecule has 15 heteroatoms. The number of benzene rings is 1. The number of fused-ring (bicyclic) bond motifs is 1. The molecule has 2 aliphatic heterocycles. The van der Waals surface area contributed by atoms with E-state index >= 15 is 0 Å². The van der Waals surface area contributed by atoms with Crippen molar-refractivity contribution in [3.63, 3.8) is 0 Å². The van der Waals surface area contributed by atoms with Gasteiger partial charge in [-0.25, -0.2) is 13.5 Å². The summed E-state index contributed by atoms with van der Waals surface area (Å²) in [4.78, 5) is 16.2. The highest BCUT2D eigenvalue weighted by Crippen LogP contribution is 2.36. The zero-order valence-corrected chi connectivity index (χ0v) is 23.5. The minimum atomic E-state index is -4.14. The third kappa shape index (κ3) is 5.14. The van der Waals surface area contributed by atoms with Crippen LogP contribution in [0, 0.1) is 11.3 Å². The van der Waals surface area contributed by atoms with Crippen LogP contribution >= 0.6 is 11.3 Å². The smallest absolute Gasteiger partial charge is 0.291 e. The number of anilines is 1. The van der Waals surface area contributed by atoms with Crippen LogP contribution in [0.4, 0.5) is 14.5 Å². The summed E-state index contributed by atoms with van der Waals surface area (Å²) >= 11 is 0.676. The zero-order valence-electron chi connectivity index (χ0n) is 21.9. The fourth-order valence-electron chi connectivity index (χ4n) is 4.48. The summed E-state index contributed by atoms with van der Waals surface area (Å²) in [6.45, 7) is 9.71. The maximum Gasteiger partial charge on any atom is 0.291 e. The minimum Gasteiger partial charge on any atom is -0.376 e. The summed E-state index contributed by atoms with van der Waals surface area (Å²) in [5, 5.41) is 12.0. The van der Waals surface area contributed by atoms with Crippen LogP contribution in [-0.4, -0.2) is 84.3 Å². The summed E-state index contributed by atoms with van der Waals surface area (Å²) in [6, 6.07) is 2.97. The van der Waals surface area contributed by atoms with Crippen molar-refractivity contribution in [3.05, 3.63) is 23.3 Å². The number of sulfonamides is 1. The van der Waals surface area contributed by atoms with Gasteiger partial charge in [0.25, 0.3) is 16.4 Å². The first-order valence-corrected chi connectivity index (χ1v) is 14.8. The average Bonchev–Trinajstić information content (AvgIpc) is 3.57. The van der Waals surface area contributed by atoms with Crippen LogP contribution in [0.25, 0.3) is 16.0 Å². The number of hydrogen-bond donors (Lipinski definition) is 0. The Morgan fingerprint density at radius 3 is 2.51 bits per heavy atom. The van der Waals surface area contributed by atoms with Crippen LogP contribution in [0.3, 0.4) is 0 Å². The number of piperazine rings is 1. The minimum absolute atomic E-state index is 0.0621. The van der Waals surface area contributed by atoms with Gasteiger partial charge in [-0.2, -0.15) is 17.9 Å². The highest BCUT2D eigenvalue weighted by atomic mass is 32.2. The van der Waals surface area contributed by atoms with Gasteiger partial charge in [-0.1, -0.05) is 25.2 Å². The molecular formula is C24H29F2N7O4S2. The number of halogens is 2. The van der Waals surface area contributed by atoms with Crippen molar-refractivity contribution in [2.45, 2.75) is 45.1 Å². The number of rotatable bonds is 7. The molecule has 0 spiro atoms. The van der Waals surface area contributed by atoms with Crippen LogP contribution in [0.1, 0.15) is 39.1 Å². The first-order valence-electron chi connectivity index (χ1n) is 12.5. The van der Waals surface area contributed by atoms with E-state index in [9.17, 15) is 22.0 Å². The fourth-order valence-corrected chi connectivity index (χ4v) is 6.18. The van der Waals surface area contributed by atoms with Crippen molar-refractivity contribution in [2.24, 2.45) is 15.7 Å². The SMILES string of the molecule is CC(C)C(=O)N1CCN(c2cc(S(=O)(=O)N=C[C@@]3(C)CO[C@H]3C)cc3c2cnn3-c2nnc(C(F)F)s2)CC1. The Balaban J connectivity index is 1.57. The first kappa shape index (κ1) is 27.5. The van der Waals surface area contributed by atoms with E-state index in [2.05, 4.69) is 19.7 Å². The van der Waals surface area contributed by atoms with Gasteiger partial charge < -0.3 is 14.5 Å². The van der Waals surface area contributed by atoms with Crippen LogP contribution in [0.15, 0.2) is 27.6 Å². The van der Waals surface area contributed by atoms with E-state index in [1.807, 2.05) is 32.6 Å². The third-order valence-electron chi connectivity index (χ3n) is 7.22. The van der Waals surface area contributed by atoms with Gasteiger partial charge in [-0.15, -0.1) is 10.2 Å². The lowest BCUT2D eigenvalue weighted by Crippen LogP contribution is -2.50. The second-order valence-electron chi connectivity index (χ2n) is 10.3. The molecule has 5 rings (SSSR count). The monoisotopic (exact) mass is 581 g/mol. The molecule has 1 amide bonds. The van der Waals surface area contributed by atoms with Crippen LogP contribution < -0.4 is 4.90 Å². The Labute approximate surface area is 228 Å². The molecule has 210 valence electrons. The molecule has 0 saturated carbocycles. The molecule has 2 aliphatic rings. The largest absolute Gasteiger partial charge is 0.376 e. The molecule has 0 bridgehead atoms. The number of amides is 1. The lowest BCUT2D eigenvalue weighted by molar-refractivity contribution is -0.134. The van der Waals surface area contributed by atoms with E-state index < -0.39 is 26.9 Å². The van der Waals surface area contributed by atoms with E-state index in [-0.39, 0.29) is 28.0 Å². The third-order valence-corrected chi connectivity index (χ3v) is 9.34. The van der Waals surface area contributed by atoms with Crippen molar-refractivity contribution < 1.29 is 26.7 Å². The number of carbonyl (C=O) groups is 1. The molecule has 11 nitrogen and oxygen atoms in total. The molecule has 1 aromatic carbocycles. The Morgan fingerprint density at radius 2 is 1.95 bits per heavy atom.